The molecule has 51 heavy (non-hydrogen) atoms. The highest BCUT2D eigenvalue weighted by molar-refractivity contribution is 7.25. The molecule has 2 aromatic heterocycles. The fraction of sp³-hybridized carbons (Fsp3) is 0. The highest BCUT2D eigenvalue weighted by Gasteiger charge is 2.24. The molecule has 0 aliphatic carbocycles. The Hall–Kier alpha value is -6.42. The second-order valence-corrected chi connectivity index (χ2v) is 14.4. The van der Waals surface area contributed by atoms with E-state index in [9.17, 15) is 0 Å². The molecule has 238 valence electrons. The normalized spacial score (nSPS) is 11.9. The Morgan fingerprint density at radius 1 is 0.373 bits per heavy atom. The van der Waals surface area contributed by atoms with Gasteiger partial charge in [0.15, 0.2) is 0 Å². The summed E-state index contributed by atoms with van der Waals surface area (Å²) in [6, 6.07) is 66.9. The maximum absolute atomic E-state index is 2.53. The minimum Gasteiger partial charge on any atom is -0.309 e. The molecular weight excluding hydrogens is 637 g/mol. The molecule has 0 amide bonds. The monoisotopic (exact) mass is 666 g/mol. The SMILES string of the molecule is c1ccc(-n2c3ccccc3c3c(N(c4ccc5sc6ccccc6c5c4)c4cc5c6ccccc6ccc5c5ccccc45)cccc32)cc1. The third-order valence-electron chi connectivity index (χ3n) is 10.5. The molecule has 0 saturated heterocycles. The van der Waals surface area contributed by atoms with Gasteiger partial charge in [-0.1, -0.05) is 121 Å². The minimum absolute atomic E-state index is 1.14. The van der Waals surface area contributed by atoms with Gasteiger partial charge in [0.25, 0.3) is 0 Å². The summed E-state index contributed by atoms with van der Waals surface area (Å²) in [5.41, 5.74) is 6.99. The van der Waals surface area contributed by atoms with Crippen molar-refractivity contribution in [1.82, 2.24) is 4.57 Å². The number of hydrogen-bond donors (Lipinski definition) is 0. The highest BCUT2D eigenvalue weighted by atomic mass is 32.1. The van der Waals surface area contributed by atoms with Crippen LogP contribution in [-0.4, -0.2) is 4.57 Å². The molecule has 2 nitrogen and oxygen atoms in total. The van der Waals surface area contributed by atoms with E-state index in [-0.39, 0.29) is 0 Å². The zero-order chi connectivity index (χ0) is 33.5. The molecule has 9 aromatic carbocycles. The molecule has 11 rings (SSSR count). The Morgan fingerprint density at radius 3 is 1.92 bits per heavy atom. The number of para-hydroxylation sites is 2. The van der Waals surface area contributed by atoms with Crippen LogP contribution < -0.4 is 4.90 Å². The van der Waals surface area contributed by atoms with Crippen LogP contribution >= 0.6 is 11.3 Å². The van der Waals surface area contributed by atoms with Gasteiger partial charge in [-0.15, -0.1) is 11.3 Å². The molecule has 0 radical (unpaired) electrons. The average Bonchev–Trinajstić information content (AvgIpc) is 3.74. The predicted octanol–water partition coefficient (Wildman–Crippen LogP) is 14.1. The summed E-state index contributed by atoms with van der Waals surface area (Å²) in [7, 11) is 0. The van der Waals surface area contributed by atoms with Crippen LogP contribution in [0.1, 0.15) is 0 Å². The lowest BCUT2D eigenvalue weighted by Gasteiger charge is -2.29. The number of benzene rings is 9. The first-order chi connectivity index (χ1) is 25.3. The number of hydrogen-bond acceptors (Lipinski definition) is 2. The molecule has 0 bridgehead atoms. The Morgan fingerprint density at radius 2 is 1.04 bits per heavy atom. The van der Waals surface area contributed by atoms with Gasteiger partial charge in [-0.25, -0.2) is 0 Å². The van der Waals surface area contributed by atoms with E-state index in [1.54, 1.807) is 0 Å². The van der Waals surface area contributed by atoms with Crippen molar-refractivity contribution in [3.05, 3.63) is 182 Å². The first-order valence-electron chi connectivity index (χ1n) is 17.4. The van der Waals surface area contributed by atoms with Gasteiger partial charge < -0.3 is 9.47 Å². The van der Waals surface area contributed by atoms with Crippen molar-refractivity contribution in [3.63, 3.8) is 0 Å². The maximum Gasteiger partial charge on any atom is 0.0562 e. The van der Waals surface area contributed by atoms with Gasteiger partial charge in [0, 0.05) is 47.7 Å². The van der Waals surface area contributed by atoms with Crippen LogP contribution in [0.4, 0.5) is 17.1 Å². The van der Waals surface area contributed by atoms with Gasteiger partial charge >= 0.3 is 0 Å². The molecule has 0 unspecified atom stereocenters. The second-order valence-electron chi connectivity index (χ2n) is 13.3. The number of anilines is 3. The van der Waals surface area contributed by atoms with Crippen LogP contribution in [-0.2, 0) is 0 Å². The van der Waals surface area contributed by atoms with Crippen LogP contribution in [0.2, 0.25) is 0 Å². The van der Waals surface area contributed by atoms with Gasteiger partial charge in [-0.3, -0.25) is 0 Å². The number of rotatable bonds is 4. The van der Waals surface area contributed by atoms with E-state index < -0.39 is 0 Å². The Bertz CT molecular complexity index is 3150. The van der Waals surface area contributed by atoms with Crippen molar-refractivity contribution in [2.75, 3.05) is 4.90 Å². The fourth-order valence-electron chi connectivity index (χ4n) is 8.33. The van der Waals surface area contributed by atoms with E-state index in [1.165, 1.54) is 74.3 Å². The molecular formula is C48H30N2S. The lowest BCUT2D eigenvalue weighted by Crippen LogP contribution is -2.11. The van der Waals surface area contributed by atoms with E-state index >= 15 is 0 Å². The molecule has 0 saturated carbocycles. The standard InChI is InChI=1S/C48H30N2S/c1-2-14-32(15-3-1)49-42-21-10-8-20-39(42)48-43(49)22-12-23-44(48)50(33-26-28-47-41(29-33)38-19-9-11-24-46(38)51-47)45-30-40-34-16-5-4-13-31(34)25-27-36(40)35-17-6-7-18-37(35)45/h1-30H. The van der Waals surface area contributed by atoms with Crippen LogP contribution in [0.15, 0.2) is 182 Å². The summed E-state index contributed by atoms with van der Waals surface area (Å²) in [6.45, 7) is 0. The van der Waals surface area contributed by atoms with Crippen molar-refractivity contribution in [2.24, 2.45) is 0 Å². The first-order valence-corrected chi connectivity index (χ1v) is 18.3. The summed E-state index contributed by atoms with van der Waals surface area (Å²) in [6.07, 6.45) is 0. The molecule has 0 fully saturated rings. The summed E-state index contributed by atoms with van der Waals surface area (Å²) in [5, 5.41) is 12.6. The van der Waals surface area contributed by atoms with E-state index in [2.05, 4.69) is 191 Å². The van der Waals surface area contributed by atoms with Gasteiger partial charge in [-0.05, 0) is 87.6 Å². The summed E-state index contributed by atoms with van der Waals surface area (Å²) < 4.78 is 5.02. The zero-order valence-electron chi connectivity index (χ0n) is 27.6. The Labute approximate surface area is 298 Å². The molecule has 0 aliphatic heterocycles. The van der Waals surface area contributed by atoms with Crippen molar-refractivity contribution in [2.45, 2.75) is 0 Å². The van der Waals surface area contributed by atoms with Gasteiger partial charge in [-0.2, -0.15) is 0 Å². The molecule has 0 N–H and O–H groups in total. The van der Waals surface area contributed by atoms with Crippen molar-refractivity contribution >= 4 is 103 Å². The van der Waals surface area contributed by atoms with E-state index in [0.717, 1.165) is 22.7 Å². The van der Waals surface area contributed by atoms with Gasteiger partial charge in [0.1, 0.15) is 0 Å². The van der Waals surface area contributed by atoms with Crippen LogP contribution in [0.3, 0.4) is 0 Å². The molecule has 3 heteroatoms. The number of thiophene rings is 1. The lowest BCUT2D eigenvalue weighted by atomic mass is 9.95. The Balaban J connectivity index is 1.31. The molecule has 0 atom stereocenters. The first kappa shape index (κ1) is 28.4. The van der Waals surface area contributed by atoms with E-state index in [0.29, 0.717) is 0 Å². The van der Waals surface area contributed by atoms with Crippen LogP contribution in [0.25, 0.3) is 80.0 Å². The van der Waals surface area contributed by atoms with E-state index in [1.807, 2.05) is 11.3 Å². The summed E-state index contributed by atoms with van der Waals surface area (Å²) in [5.74, 6) is 0. The number of nitrogens with zero attached hydrogens (tertiary/aromatic N) is 2. The Kier molecular flexibility index (Phi) is 6.16. The predicted molar refractivity (Wildman–Crippen MR) is 221 cm³/mol. The van der Waals surface area contributed by atoms with Crippen LogP contribution in [0.5, 0.6) is 0 Å². The van der Waals surface area contributed by atoms with Gasteiger partial charge in [0.2, 0.25) is 0 Å². The lowest BCUT2D eigenvalue weighted by molar-refractivity contribution is 1.18. The smallest absolute Gasteiger partial charge is 0.0562 e. The number of aromatic nitrogens is 1. The highest BCUT2D eigenvalue weighted by Crippen LogP contribution is 2.49. The zero-order valence-corrected chi connectivity index (χ0v) is 28.4. The van der Waals surface area contributed by atoms with E-state index in [4.69, 9.17) is 0 Å². The van der Waals surface area contributed by atoms with Crippen LogP contribution in [0, 0.1) is 0 Å². The third kappa shape index (κ3) is 4.22. The molecule has 11 aromatic rings. The third-order valence-corrected chi connectivity index (χ3v) is 11.7. The molecule has 0 spiro atoms. The van der Waals surface area contributed by atoms with Crippen molar-refractivity contribution < 1.29 is 0 Å². The maximum atomic E-state index is 2.53. The molecule has 0 aliphatic rings. The minimum atomic E-state index is 1.14. The topological polar surface area (TPSA) is 8.17 Å². The molecule has 2 heterocycles. The fourth-order valence-corrected chi connectivity index (χ4v) is 9.42. The second kappa shape index (κ2) is 11.0. The van der Waals surface area contributed by atoms with Crippen molar-refractivity contribution in [1.29, 1.82) is 0 Å². The quantitative estimate of drug-likeness (QED) is 0.170. The largest absolute Gasteiger partial charge is 0.309 e. The summed E-state index contributed by atoms with van der Waals surface area (Å²) >= 11 is 1.86. The summed E-state index contributed by atoms with van der Waals surface area (Å²) in [4.78, 5) is 2.53. The number of fused-ring (bicyclic) bond motifs is 11. The average molecular weight is 667 g/mol. The van der Waals surface area contributed by atoms with Crippen molar-refractivity contribution in [3.8, 4) is 5.69 Å². The van der Waals surface area contributed by atoms with Gasteiger partial charge in [0.05, 0.1) is 22.4 Å².